The van der Waals surface area contributed by atoms with E-state index in [-0.39, 0.29) is 42.3 Å². The van der Waals surface area contributed by atoms with Gasteiger partial charge in [0.05, 0.1) is 23.1 Å². The molecule has 2 aliphatic carbocycles. The summed E-state index contributed by atoms with van der Waals surface area (Å²) in [5, 5.41) is 5.44. The van der Waals surface area contributed by atoms with Gasteiger partial charge in [-0.2, -0.15) is 13.2 Å². The maximum atomic E-state index is 14.8. The van der Waals surface area contributed by atoms with Gasteiger partial charge in [0.2, 0.25) is 33.3 Å². The van der Waals surface area contributed by atoms with Crippen molar-refractivity contribution < 1.29 is 55.0 Å². The zero-order valence-corrected chi connectivity index (χ0v) is 37.4. The summed E-state index contributed by atoms with van der Waals surface area (Å²) >= 11 is 6.53. The average molecular weight is 910 g/mol. The number of sulfonamides is 1. The van der Waals surface area contributed by atoms with Crippen LogP contribution in [0.25, 0.3) is 11.3 Å². The zero-order chi connectivity index (χ0) is 45.6. The maximum Gasteiger partial charge on any atom is 0.427 e. The molecule has 4 amide bonds. The number of allylic oxidation sites excluding steroid dienone is 1. The van der Waals surface area contributed by atoms with E-state index in [9.17, 15) is 40.8 Å². The number of nitrogens with one attached hydrogen (secondary N) is 3. The van der Waals surface area contributed by atoms with Crippen molar-refractivity contribution in [1.29, 1.82) is 0 Å². The topological polar surface area (TPSA) is 182 Å². The lowest BCUT2D eigenvalue weighted by atomic mass is 9.88. The van der Waals surface area contributed by atoms with E-state index >= 15 is 0 Å². The molecule has 3 fully saturated rings. The number of ether oxygens (including phenoxy) is 3. The predicted octanol–water partition coefficient (Wildman–Crippen LogP) is 6.86. The first-order valence-corrected chi connectivity index (χ1v) is 22.7. The number of fused-ring (bicyclic) bond motifs is 2. The zero-order valence-electron chi connectivity index (χ0n) is 35.8. The molecule has 1 aromatic carbocycles. The molecule has 7 atom stereocenters. The Balaban J connectivity index is 1.33. The van der Waals surface area contributed by atoms with Crippen molar-refractivity contribution in [3.05, 3.63) is 53.6 Å². The SMILES string of the molecule is CC(C)Oc1ccc(-c2cc(Cl)cc(O[C@@H]3C[C@H]4C(=O)N[C@]5(C(=O)NS(=O)(=O)C6(C)CC6)CC5/C=C\CC[C@H](C)C[C@@H](C)[C@H](NC(=O)OC(C)(C)C(F)(F)F)C(=O)N4C3)n2)cc1. The van der Waals surface area contributed by atoms with Gasteiger partial charge in [0.1, 0.15) is 29.5 Å². The predicted molar refractivity (Wildman–Crippen MR) is 224 cm³/mol. The number of hydrogen-bond acceptors (Lipinski definition) is 10. The normalized spacial score (nSPS) is 28.3. The standard InChI is InChI=1S/C43H55ClF3N5O9S/c1-24(2)59-30-14-12-27(13-15-30)32-19-29(44)20-34(48-32)60-31-21-33-36(53)50-42(38(55)51-62(57,58)41(7)16-17-41)22-28(42)11-9-8-10-25(3)18-26(4)35(37(54)52(33)23-31)49-39(56)61-40(5,6)43(45,46)47/h9,11-15,19-20,24-26,28,31,33,35H,8,10,16-18,21-23H2,1-7H3,(H,49,56)(H,50,53)(H,51,55)/b11-9-/t25-,26+,28?,31+,33-,35-,42+/m0/s1. The van der Waals surface area contributed by atoms with E-state index in [1.54, 1.807) is 43.3 Å². The van der Waals surface area contributed by atoms with Gasteiger partial charge >= 0.3 is 12.3 Å². The average Bonchev–Trinajstić information content (AvgIpc) is 4.04. The smallest absolute Gasteiger partial charge is 0.427 e. The van der Waals surface area contributed by atoms with Gasteiger partial charge in [-0.3, -0.25) is 19.1 Å². The lowest BCUT2D eigenvalue weighted by molar-refractivity contribution is -0.244. The van der Waals surface area contributed by atoms with Gasteiger partial charge in [-0.15, -0.1) is 0 Å². The highest BCUT2D eigenvalue weighted by Gasteiger charge is 2.63. The highest BCUT2D eigenvalue weighted by molar-refractivity contribution is 7.91. The summed E-state index contributed by atoms with van der Waals surface area (Å²) in [6.45, 7) is 10.1. The van der Waals surface area contributed by atoms with Crippen LogP contribution in [0.1, 0.15) is 93.4 Å². The third kappa shape index (κ3) is 10.4. The molecule has 1 aromatic heterocycles. The monoisotopic (exact) mass is 909 g/mol. The minimum Gasteiger partial charge on any atom is -0.491 e. The first-order valence-electron chi connectivity index (χ1n) is 20.9. The Morgan fingerprint density at radius 3 is 2.37 bits per heavy atom. The van der Waals surface area contributed by atoms with Crippen LogP contribution in [-0.2, 0) is 29.1 Å². The van der Waals surface area contributed by atoms with Crippen LogP contribution in [0.4, 0.5) is 18.0 Å². The fraction of sp³-hybridized carbons (Fsp3) is 0.605. The van der Waals surface area contributed by atoms with E-state index in [4.69, 9.17) is 25.8 Å². The van der Waals surface area contributed by atoms with E-state index in [2.05, 4.69) is 20.3 Å². The lowest BCUT2D eigenvalue weighted by Crippen LogP contribution is -2.59. The van der Waals surface area contributed by atoms with Crippen molar-refractivity contribution >= 4 is 45.4 Å². The first-order chi connectivity index (χ1) is 28.8. The van der Waals surface area contributed by atoms with E-state index < -0.39 is 85.9 Å². The van der Waals surface area contributed by atoms with Crippen LogP contribution < -0.4 is 24.8 Å². The molecule has 4 aliphatic rings. The minimum atomic E-state index is -4.93. The number of aromatic nitrogens is 1. The molecule has 62 heavy (non-hydrogen) atoms. The second-order valence-electron chi connectivity index (χ2n) is 18.2. The molecule has 0 radical (unpaired) electrons. The van der Waals surface area contributed by atoms with Gasteiger partial charge in [-0.25, -0.2) is 18.2 Å². The van der Waals surface area contributed by atoms with Gasteiger partial charge < -0.3 is 29.7 Å². The largest absolute Gasteiger partial charge is 0.491 e. The summed E-state index contributed by atoms with van der Waals surface area (Å²) in [4.78, 5) is 62.3. The van der Waals surface area contributed by atoms with Crippen molar-refractivity contribution in [1.82, 2.24) is 25.2 Å². The maximum absolute atomic E-state index is 14.8. The van der Waals surface area contributed by atoms with E-state index in [1.165, 1.54) is 17.9 Å². The third-order valence-corrected chi connectivity index (χ3v) is 14.5. The number of halogens is 4. The van der Waals surface area contributed by atoms with Crippen molar-refractivity contribution in [3.8, 4) is 22.9 Å². The fourth-order valence-corrected chi connectivity index (χ4v) is 9.38. The van der Waals surface area contributed by atoms with E-state index in [0.717, 1.165) is 0 Å². The lowest BCUT2D eigenvalue weighted by Gasteiger charge is -2.34. The molecular formula is C43H55ClF3N5O9S. The number of carbonyl (C=O) groups excluding carboxylic acids is 4. The second-order valence-corrected chi connectivity index (χ2v) is 20.8. The summed E-state index contributed by atoms with van der Waals surface area (Å²) in [6.07, 6.45) is -1.58. The van der Waals surface area contributed by atoms with Crippen LogP contribution in [0.5, 0.6) is 11.6 Å². The molecular weight excluding hydrogens is 855 g/mol. The van der Waals surface area contributed by atoms with Gasteiger partial charge in [-0.05, 0) is 115 Å². The van der Waals surface area contributed by atoms with E-state index in [0.29, 0.717) is 63.0 Å². The number of alkyl halides is 3. The number of amides is 4. The number of carbonyl (C=O) groups is 4. The highest BCUT2D eigenvalue weighted by atomic mass is 35.5. The summed E-state index contributed by atoms with van der Waals surface area (Å²) in [7, 11) is -4.09. The Hall–Kier alpha value is -4.58. The molecule has 19 heteroatoms. The summed E-state index contributed by atoms with van der Waals surface area (Å²) in [5.74, 6) is -3.07. The van der Waals surface area contributed by atoms with Gasteiger partial charge in [-0.1, -0.05) is 37.6 Å². The Morgan fingerprint density at radius 2 is 1.74 bits per heavy atom. The molecule has 2 aliphatic heterocycles. The molecule has 14 nitrogen and oxygen atoms in total. The quantitative estimate of drug-likeness (QED) is 0.213. The number of hydrogen-bond donors (Lipinski definition) is 3. The molecule has 340 valence electrons. The van der Waals surface area contributed by atoms with Crippen molar-refractivity contribution in [2.75, 3.05) is 6.54 Å². The first kappa shape index (κ1) is 46.9. The highest BCUT2D eigenvalue weighted by Crippen LogP contribution is 2.48. The van der Waals surface area contributed by atoms with Crippen LogP contribution in [0.2, 0.25) is 5.02 Å². The molecule has 1 saturated heterocycles. The van der Waals surface area contributed by atoms with E-state index in [1.807, 2.05) is 26.8 Å². The molecule has 2 aromatic rings. The number of rotatable bonds is 10. The van der Waals surface area contributed by atoms with Crippen LogP contribution in [0.15, 0.2) is 48.6 Å². The fourth-order valence-electron chi connectivity index (χ4n) is 7.87. The third-order valence-electron chi connectivity index (χ3n) is 12.1. The molecule has 3 N–H and O–H groups in total. The molecule has 1 unspecified atom stereocenters. The Labute approximate surface area is 365 Å². The van der Waals surface area contributed by atoms with Crippen LogP contribution in [0, 0.1) is 17.8 Å². The summed E-state index contributed by atoms with van der Waals surface area (Å²) in [5.41, 5.74) is -3.42. The molecule has 0 spiro atoms. The number of nitrogens with zero attached hydrogens (tertiary/aromatic N) is 2. The van der Waals surface area contributed by atoms with Crippen LogP contribution >= 0.6 is 11.6 Å². The van der Waals surface area contributed by atoms with Gasteiger partial charge in [0.15, 0.2) is 0 Å². The minimum absolute atomic E-state index is 0.0368. The molecule has 2 saturated carbocycles. The summed E-state index contributed by atoms with van der Waals surface area (Å²) in [6, 6.07) is 7.45. The molecule has 6 rings (SSSR count). The Morgan fingerprint density at radius 1 is 1.06 bits per heavy atom. The molecule has 0 bridgehead atoms. The number of pyridine rings is 1. The van der Waals surface area contributed by atoms with Gasteiger partial charge in [0.25, 0.3) is 5.91 Å². The Bertz CT molecular complexity index is 2180. The number of benzene rings is 1. The summed E-state index contributed by atoms with van der Waals surface area (Å²) < 4.78 is 85.7. The number of alkyl carbamates (subject to hydrolysis) is 1. The van der Waals surface area contributed by atoms with Crippen molar-refractivity contribution in [2.24, 2.45) is 17.8 Å². The van der Waals surface area contributed by atoms with Crippen LogP contribution in [0.3, 0.4) is 0 Å². The van der Waals surface area contributed by atoms with Gasteiger partial charge in [0, 0.05) is 29.0 Å². The van der Waals surface area contributed by atoms with Crippen LogP contribution in [-0.4, -0.2) is 95.0 Å². The Kier molecular flexibility index (Phi) is 13.3. The second kappa shape index (κ2) is 17.5. The van der Waals surface area contributed by atoms with Crippen molar-refractivity contribution in [2.45, 2.75) is 140 Å². The van der Waals surface area contributed by atoms with Crippen molar-refractivity contribution in [3.63, 3.8) is 0 Å². The molecule has 3 heterocycles.